The van der Waals surface area contributed by atoms with Crippen LogP contribution in [0.2, 0.25) is 0 Å². The molecule has 0 N–H and O–H groups in total. The predicted octanol–water partition coefficient (Wildman–Crippen LogP) is 4.31. The summed E-state index contributed by atoms with van der Waals surface area (Å²) in [6.45, 7) is 6.34. The van der Waals surface area contributed by atoms with Crippen molar-refractivity contribution in [1.29, 1.82) is 0 Å². The van der Waals surface area contributed by atoms with Gasteiger partial charge >= 0.3 is 0 Å². The zero-order valence-electron chi connectivity index (χ0n) is 19.7. The van der Waals surface area contributed by atoms with Crippen LogP contribution >= 0.6 is 0 Å². The van der Waals surface area contributed by atoms with Gasteiger partial charge in [-0.25, -0.2) is 8.78 Å². The lowest BCUT2D eigenvalue weighted by Crippen LogP contribution is -2.38. The molecule has 1 aliphatic rings. The second-order valence-corrected chi connectivity index (χ2v) is 8.78. The molecule has 5 nitrogen and oxygen atoms in total. The molecule has 0 aliphatic carbocycles. The summed E-state index contributed by atoms with van der Waals surface area (Å²) in [5, 5.41) is 0. The Balaban J connectivity index is 1.96. The van der Waals surface area contributed by atoms with E-state index in [0.717, 1.165) is 49.2 Å². The maximum Gasteiger partial charge on any atom is 0.227 e. The first-order valence-electron chi connectivity index (χ1n) is 11.6. The monoisotopic (exact) mass is 457 g/mol. The zero-order chi connectivity index (χ0) is 24.0. The van der Waals surface area contributed by atoms with Crippen molar-refractivity contribution in [3.8, 4) is 0 Å². The van der Waals surface area contributed by atoms with E-state index in [1.54, 1.807) is 11.8 Å². The lowest BCUT2D eigenvalue weighted by molar-refractivity contribution is -0.131. The molecule has 2 aromatic rings. The lowest BCUT2D eigenvalue weighted by atomic mass is 10.1. The van der Waals surface area contributed by atoms with Crippen LogP contribution in [-0.4, -0.2) is 54.8 Å². The summed E-state index contributed by atoms with van der Waals surface area (Å²) in [5.41, 5.74) is 2.81. The van der Waals surface area contributed by atoms with Crippen LogP contribution in [0.25, 0.3) is 0 Å². The molecule has 0 unspecified atom stereocenters. The molecule has 0 saturated carbocycles. The molecule has 33 heavy (non-hydrogen) atoms. The highest BCUT2D eigenvalue weighted by Crippen LogP contribution is 2.27. The minimum absolute atomic E-state index is 0.0809. The molecule has 1 aliphatic heterocycles. The van der Waals surface area contributed by atoms with E-state index >= 15 is 0 Å². The van der Waals surface area contributed by atoms with Crippen LogP contribution in [0, 0.1) is 18.6 Å². The molecule has 1 heterocycles. The third kappa shape index (κ3) is 6.60. The summed E-state index contributed by atoms with van der Waals surface area (Å²) in [6.07, 6.45) is 1.97. The van der Waals surface area contributed by atoms with Crippen molar-refractivity contribution in [2.24, 2.45) is 0 Å². The van der Waals surface area contributed by atoms with Crippen LogP contribution in [0.1, 0.15) is 42.9 Å². The first kappa shape index (κ1) is 24.8. The smallest absolute Gasteiger partial charge is 0.227 e. The fourth-order valence-corrected chi connectivity index (χ4v) is 4.16. The second kappa shape index (κ2) is 11.4. The highest BCUT2D eigenvalue weighted by molar-refractivity contribution is 5.94. The van der Waals surface area contributed by atoms with E-state index in [-0.39, 0.29) is 31.2 Å². The Morgan fingerprint density at radius 2 is 1.55 bits per heavy atom. The Bertz CT molecular complexity index is 978. The van der Waals surface area contributed by atoms with Crippen LogP contribution < -0.4 is 4.90 Å². The molecule has 0 saturated heterocycles. The van der Waals surface area contributed by atoms with Gasteiger partial charge in [-0.3, -0.25) is 9.59 Å². The predicted molar refractivity (Wildman–Crippen MR) is 126 cm³/mol. The van der Waals surface area contributed by atoms with Gasteiger partial charge in [0.05, 0.1) is 12.1 Å². The van der Waals surface area contributed by atoms with Gasteiger partial charge in [0.15, 0.2) is 11.6 Å². The van der Waals surface area contributed by atoms with Gasteiger partial charge in [0.2, 0.25) is 11.8 Å². The largest absolute Gasteiger partial charge is 0.338 e. The molecule has 2 amide bonds. The number of halogens is 2. The Labute approximate surface area is 195 Å². The summed E-state index contributed by atoms with van der Waals surface area (Å²) < 4.78 is 28.5. The molecule has 0 atom stereocenters. The van der Waals surface area contributed by atoms with E-state index in [1.807, 2.05) is 38.2 Å². The number of carbonyl (C=O) groups excluding carboxylic acids is 2. The maximum absolute atomic E-state index is 14.3. The second-order valence-electron chi connectivity index (χ2n) is 8.78. The highest BCUT2D eigenvalue weighted by atomic mass is 19.2. The average Bonchev–Trinajstić information content (AvgIpc) is 2.78. The number of anilines is 1. The molecule has 3 rings (SSSR count). The highest BCUT2D eigenvalue weighted by Gasteiger charge is 2.24. The van der Waals surface area contributed by atoms with Crippen molar-refractivity contribution >= 4 is 17.5 Å². The summed E-state index contributed by atoms with van der Waals surface area (Å²) >= 11 is 0. The van der Waals surface area contributed by atoms with Crippen molar-refractivity contribution in [1.82, 2.24) is 9.80 Å². The maximum atomic E-state index is 14.3. The van der Waals surface area contributed by atoms with Gasteiger partial charge in [0, 0.05) is 32.1 Å². The van der Waals surface area contributed by atoms with Gasteiger partial charge in [0.25, 0.3) is 0 Å². The van der Waals surface area contributed by atoms with Gasteiger partial charge in [-0.05, 0) is 57.1 Å². The summed E-state index contributed by atoms with van der Waals surface area (Å²) in [4.78, 5) is 31.4. The van der Waals surface area contributed by atoms with Crippen molar-refractivity contribution in [2.45, 2.75) is 46.1 Å². The fourth-order valence-electron chi connectivity index (χ4n) is 4.16. The number of nitrogens with zero attached hydrogens (tertiary/aromatic N) is 3. The van der Waals surface area contributed by atoms with E-state index in [4.69, 9.17) is 0 Å². The van der Waals surface area contributed by atoms with Crippen molar-refractivity contribution in [2.75, 3.05) is 38.1 Å². The Hall–Kier alpha value is -2.80. The Morgan fingerprint density at radius 3 is 2.21 bits per heavy atom. The molecular formula is C26H33F2N3O2. The standard InChI is InChI=1S/C26H33F2N3O2/c1-4-25(32)31-14-6-12-29(3)11-5-13-30(18-21-16-22(27)23(28)17-24(21)31)26(33)15-20-9-7-19(2)8-10-20/h7-10,16-17H,4-6,11-15,18H2,1-3H3. The number of amides is 2. The van der Waals surface area contributed by atoms with E-state index < -0.39 is 11.6 Å². The Kier molecular flexibility index (Phi) is 8.55. The molecule has 0 spiro atoms. The minimum atomic E-state index is -0.996. The van der Waals surface area contributed by atoms with Gasteiger partial charge in [-0.2, -0.15) is 0 Å². The SMILES string of the molecule is CCC(=O)N1CCCN(C)CCCN(C(=O)Cc2ccc(C)cc2)Cc2cc(F)c(F)cc21. The summed E-state index contributed by atoms with van der Waals surface area (Å²) in [6, 6.07) is 10.0. The summed E-state index contributed by atoms with van der Waals surface area (Å²) in [7, 11) is 2.01. The number of aryl methyl sites for hydroxylation is 1. The number of carbonyl (C=O) groups is 2. The minimum Gasteiger partial charge on any atom is -0.338 e. The van der Waals surface area contributed by atoms with Crippen molar-refractivity contribution < 1.29 is 18.4 Å². The number of benzene rings is 2. The van der Waals surface area contributed by atoms with Crippen LogP contribution in [0.3, 0.4) is 0 Å². The molecule has 0 radical (unpaired) electrons. The molecule has 2 aromatic carbocycles. The molecule has 0 fully saturated rings. The molecule has 178 valence electrons. The van der Waals surface area contributed by atoms with Crippen molar-refractivity contribution in [3.05, 3.63) is 64.7 Å². The number of rotatable bonds is 3. The molecule has 0 aromatic heterocycles. The van der Waals surface area contributed by atoms with Crippen LogP contribution in [-0.2, 0) is 22.6 Å². The zero-order valence-corrected chi connectivity index (χ0v) is 19.7. The van der Waals surface area contributed by atoms with Gasteiger partial charge in [-0.15, -0.1) is 0 Å². The van der Waals surface area contributed by atoms with Gasteiger partial charge < -0.3 is 14.7 Å². The number of hydrogen-bond acceptors (Lipinski definition) is 3. The Morgan fingerprint density at radius 1 is 0.909 bits per heavy atom. The van der Waals surface area contributed by atoms with Crippen molar-refractivity contribution in [3.63, 3.8) is 0 Å². The van der Waals surface area contributed by atoms with E-state index in [2.05, 4.69) is 4.90 Å². The van der Waals surface area contributed by atoms with Gasteiger partial charge in [0.1, 0.15) is 0 Å². The normalized spacial score (nSPS) is 16.0. The number of fused-ring (bicyclic) bond motifs is 1. The third-order valence-electron chi connectivity index (χ3n) is 6.10. The first-order valence-corrected chi connectivity index (χ1v) is 11.6. The van der Waals surface area contributed by atoms with E-state index in [9.17, 15) is 18.4 Å². The average molecular weight is 458 g/mol. The number of hydrogen-bond donors (Lipinski definition) is 0. The van der Waals surface area contributed by atoms with Gasteiger partial charge in [-0.1, -0.05) is 36.8 Å². The topological polar surface area (TPSA) is 43.9 Å². The molecular weight excluding hydrogens is 424 g/mol. The lowest BCUT2D eigenvalue weighted by Gasteiger charge is -2.31. The van der Waals surface area contributed by atoms with Crippen LogP contribution in [0.4, 0.5) is 14.5 Å². The van der Waals surface area contributed by atoms with Crippen LogP contribution in [0.15, 0.2) is 36.4 Å². The molecule has 0 bridgehead atoms. The van der Waals surface area contributed by atoms with E-state index in [0.29, 0.717) is 24.3 Å². The van der Waals surface area contributed by atoms with Crippen LogP contribution in [0.5, 0.6) is 0 Å². The first-order chi connectivity index (χ1) is 15.8. The third-order valence-corrected chi connectivity index (χ3v) is 6.10. The van der Waals surface area contributed by atoms with E-state index in [1.165, 1.54) is 4.90 Å². The summed E-state index contributed by atoms with van der Waals surface area (Å²) in [5.74, 6) is -2.21. The molecule has 7 heteroatoms. The quantitative estimate of drug-likeness (QED) is 0.690. The fraction of sp³-hybridized carbons (Fsp3) is 0.462.